The van der Waals surface area contributed by atoms with Gasteiger partial charge in [-0.05, 0) is 56.9 Å². The van der Waals surface area contributed by atoms with E-state index >= 15 is 0 Å². The lowest BCUT2D eigenvalue weighted by molar-refractivity contribution is -0.123. The number of H-pyrrole nitrogens is 1. The summed E-state index contributed by atoms with van der Waals surface area (Å²) in [5.74, 6) is 1.20. The van der Waals surface area contributed by atoms with E-state index in [1.165, 1.54) is 17.8 Å². The Morgan fingerprint density at radius 3 is 2.77 bits per heavy atom. The number of rotatable bonds is 5. The number of hydrogen-bond acceptors (Lipinski definition) is 4. The Balaban J connectivity index is 1.19. The van der Waals surface area contributed by atoms with E-state index in [0.29, 0.717) is 0 Å². The molecule has 7 heteroatoms. The third-order valence-electron chi connectivity index (χ3n) is 6.15. The minimum absolute atomic E-state index is 0.0394. The number of piperidine rings is 1. The van der Waals surface area contributed by atoms with Crippen molar-refractivity contribution in [2.75, 3.05) is 13.1 Å². The summed E-state index contributed by atoms with van der Waals surface area (Å²) in [7, 11) is 0. The Bertz CT molecular complexity index is 1050. The van der Waals surface area contributed by atoms with Crippen LogP contribution in [0, 0.1) is 5.92 Å². The van der Waals surface area contributed by atoms with E-state index in [2.05, 4.69) is 15.3 Å². The summed E-state index contributed by atoms with van der Waals surface area (Å²) < 4.78 is 0. The standard InChI is InChI=1S/C23H26N4O2S/c1-14(19-9-10-20(30-19)23(29)27-11-5-2-6-12-27)24-22(28)16-13-15(16)21-25-17-7-3-4-8-18(17)26-21/h3-4,7-10,14-16H,2,5-6,11-13H2,1H3,(H,24,28)(H,25,26)/t14?,15-,16-/m0/s1. The van der Waals surface area contributed by atoms with Gasteiger partial charge in [0.1, 0.15) is 5.82 Å². The molecule has 30 heavy (non-hydrogen) atoms. The van der Waals surface area contributed by atoms with Crippen molar-refractivity contribution in [2.45, 2.75) is 44.6 Å². The van der Waals surface area contributed by atoms with Gasteiger partial charge in [-0.1, -0.05) is 12.1 Å². The molecule has 3 aromatic rings. The van der Waals surface area contributed by atoms with Crippen LogP contribution in [0.4, 0.5) is 0 Å². The third kappa shape index (κ3) is 3.74. The van der Waals surface area contributed by atoms with Crippen molar-refractivity contribution in [3.8, 4) is 0 Å². The molecule has 3 atom stereocenters. The molecule has 1 saturated carbocycles. The van der Waals surface area contributed by atoms with Gasteiger partial charge in [0.05, 0.1) is 22.0 Å². The number of aromatic nitrogens is 2. The summed E-state index contributed by atoms with van der Waals surface area (Å²) in [4.78, 5) is 37.2. The number of thiophene rings is 1. The van der Waals surface area contributed by atoms with Gasteiger partial charge in [0.25, 0.3) is 5.91 Å². The number of fused-ring (bicyclic) bond motifs is 1. The van der Waals surface area contributed by atoms with Gasteiger partial charge in [-0.3, -0.25) is 9.59 Å². The molecular weight excluding hydrogens is 396 g/mol. The highest BCUT2D eigenvalue weighted by molar-refractivity contribution is 7.14. The van der Waals surface area contributed by atoms with Crippen LogP contribution >= 0.6 is 11.3 Å². The van der Waals surface area contributed by atoms with E-state index in [1.807, 2.05) is 48.2 Å². The van der Waals surface area contributed by atoms with E-state index < -0.39 is 0 Å². The monoisotopic (exact) mass is 422 g/mol. The lowest BCUT2D eigenvalue weighted by atomic mass is 10.1. The second kappa shape index (κ2) is 7.87. The smallest absolute Gasteiger partial charge is 0.263 e. The van der Waals surface area contributed by atoms with Crippen LogP contribution in [0.5, 0.6) is 0 Å². The van der Waals surface area contributed by atoms with Crippen molar-refractivity contribution in [1.82, 2.24) is 20.2 Å². The number of hydrogen-bond donors (Lipinski definition) is 2. The summed E-state index contributed by atoms with van der Waals surface area (Å²) in [6, 6.07) is 11.7. The fourth-order valence-corrected chi connectivity index (χ4v) is 5.26. The molecule has 0 radical (unpaired) electrons. The molecule has 1 aliphatic carbocycles. The first-order chi connectivity index (χ1) is 14.6. The van der Waals surface area contributed by atoms with Gasteiger partial charge >= 0.3 is 0 Å². The van der Waals surface area contributed by atoms with Crippen molar-refractivity contribution in [3.63, 3.8) is 0 Å². The number of likely N-dealkylation sites (tertiary alicyclic amines) is 1. The van der Waals surface area contributed by atoms with Crippen molar-refractivity contribution in [2.24, 2.45) is 5.92 Å². The molecule has 2 fully saturated rings. The van der Waals surface area contributed by atoms with Crippen LogP contribution in [0.2, 0.25) is 0 Å². The molecule has 3 heterocycles. The fraction of sp³-hybridized carbons (Fsp3) is 0.435. The molecule has 0 bridgehead atoms. The van der Waals surface area contributed by atoms with Gasteiger partial charge in [0.2, 0.25) is 5.91 Å². The van der Waals surface area contributed by atoms with E-state index in [1.54, 1.807) is 0 Å². The van der Waals surface area contributed by atoms with Gasteiger partial charge in [-0.2, -0.15) is 0 Å². The van der Waals surface area contributed by atoms with Crippen molar-refractivity contribution >= 4 is 34.2 Å². The highest BCUT2D eigenvalue weighted by atomic mass is 32.1. The van der Waals surface area contributed by atoms with Crippen LogP contribution < -0.4 is 5.32 Å². The summed E-state index contributed by atoms with van der Waals surface area (Å²) in [5.41, 5.74) is 1.95. The van der Waals surface area contributed by atoms with Crippen molar-refractivity contribution in [1.29, 1.82) is 0 Å². The zero-order valence-electron chi connectivity index (χ0n) is 17.1. The number of aromatic amines is 1. The van der Waals surface area contributed by atoms with Crippen molar-refractivity contribution < 1.29 is 9.59 Å². The van der Waals surface area contributed by atoms with Crippen LogP contribution in [0.25, 0.3) is 11.0 Å². The maximum Gasteiger partial charge on any atom is 0.263 e. The molecule has 2 aromatic heterocycles. The topological polar surface area (TPSA) is 78.1 Å². The van der Waals surface area contributed by atoms with Crippen LogP contribution in [0.15, 0.2) is 36.4 Å². The fourth-order valence-electron chi connectivity index (χ4n) is 4.28. The number of carbonyl (C=O) groups is 2. The predicted octanol–water partition coefficient (Wildman–Crippen LogP) is 4.23. The maximum absolute atomic E-state index is 12.8. The summed E-state index contributed by atoms with van der Waals surface area (Å²) in [6.07, 6.45) is 4.20. The lowest BCUT2D eigenvalue weighted by Gasteiger charge is -2.26. The minimum Gasteiger partial charge on any atom is -0.349 e. The Hall–Kier alpha value is -2.67. The van der Waals surface area contributed by atoms with E-state index in [9.17, 15) is 9.59 Å². The lowest BCUT2D eigenvalue weighted by Crippen LogP contribution is -2.35. The van der Waals surface area contributed by atoms with Gasteiger partial charge in [-0.15, -0.1) is 11.3 Å². The number of benzene rings is 1. The van der Waals surface area contributed by atoms with Crippen LogP contribution in [-0.4, -0.2) is 39.8 Å². The number of para-hydroxylation sites is 2. The Kier molecular flexibility index (Phi) is 5.06. The van der Waals surface area contributed by atoms with Crippen LogP contribution in [-0.2, 0) is 4.79 Å². The first-order valence-electron chi connectivity index (χ1n) is 10.7. The summed E-state index contributed by atoms with van der Waals surface area (Å²) in [6.45, 7) is 3.68. The molecular formula is C23H26N4O2S. The molecule has 5 rings (SSSR count). The van der Waals surface area contributed by atoms with Crippen molar-refractivity contribution in [3.05, 3.63) is 52.0 Å². The molecule has 1 unspecified atom stereocenters. The van der Waals surface area contributed by atoms with Crippen LogP contribution in [0.1, 0.15) is 64.9 Å². The number of nitrogens with one attached hydrogen (secondary N) is 2. The Morgan fingerprint density at radius 2 is 1.97 bits per heavy atom. The average molecular weight is 423 g/mol. The first kappa shape index (κ1) is 19.3. The average Bonchev–Trinajstić information content (AvgIpc) is 3.21. The number of imidazole rings is 1. The van der Waals surface area contributed by atoms with E-state index in [4.69, 9.17) is 0 Å². The zero-order chi connectivity index (χ0) is 20.7. The molecule has 2 amide bonds. The van der Waals surface area contributed by atoms with Gasteiger partial charge in [-0.25, -0.2) is 4.98 Å². The Morgan fingerprint density at radius 1 is 1.17 bits per heavy atom. The second-order valence-corrected chi connectivity index (χ2v) is 9.49. The molecule has 1 aromatic carbocycles. The highest BCUT2D eigenvalue weighted by Crippen LogP contribution is 2.47. The van der Waals surface area contributed by atoms with Gasteiger partial charge in [0.15, 0.2) is 0 Å². The second-order valence-electron chi connectivity index (χ2n) is 8.37. The largest absolute Gasteiger partial charge is 0.349 e. The van der Waals surface area contributed by atoms with Gasteiger partial charge < -0.3 is 15.2 Å². The van der Waals surface area contributed by atoms with Gasteiger partial charge in [0, 0.05) is 29.8 Å². The molecule has 0 spiro atoms. The van der Waals surface area contributed by atoms with E-state index in [0.717, 1.165) is 59.0 Å². The molecule has 6 nitrogen and oxygen atoms in total. The summed E-state index contributed by atoms with van der Waals surface area (Å²) >= 11 is 1.49. The maximum atomic E-state index is 12.8. The van der Waals surface area contributed by atoms with Crippen LogP contribution in [0.3, 0.4) is 0 Å². The summed E-state index contributed by atoms with van der Waals surface area (Å²) in [5, 5.41) is 3.13. The Labute approximate surface area is 179 Å². The third-order valence-corrected chi connectivity index (χ3v) is 7.41. The zero-order valence-corrected chi connectivity index (χ0v) is 17.9. The molecule has 2 aliphatic rings. The molecule has 156 valence electrons. The molecule has 2 N–H and O–H groups in total. The van der Waals surface area contributed by atoms with E-state index in [-0.39, 0.29) is 29.7 Å². The normalized spacial score (nSPS) is 22.1. The molecule has 1 saturated heterocycles. The number of carbonyl (C=O) groups excluding carboxylic acids is 2. The first-order valence-corrected chi connectivity index (χ1v) is 11.6. The predicted molar refractivity (Wildman–Crippen MR) is 118 cm³/mol. The highest BCUT2D eigenvalue weighted by Gasteiger charge is 2.46. The minimum atomic E-state index is -0.109. The quantitative estimate of drug-likeness (QED) is 0.646. The molecule has 1 aliphatic heterocycles. The number of amides is 2. The SMILES string of the molecule is CC(NC(=O)[C@H]1C[C@@H]1c1nc2ccccc2[nH]1)c1ccc(C(=O)N2CCCCC2)s1. The number of nitrogens with zero attached hydrogens (tertiary/aromatic N) is 2.